The SMILES string of the molecule is Cc1ccc(N2CC3CN(C)CC3C2)cc1.O=C(O)C(=O)O. The van der Waals surface area contributed by atoms with Gasteiger partial charge < -0.3 is 20.0 Å². The van der Waals surface area contributed by atoms with Crippen LogP contribution in [0, 0.1) is 18.8 Å². The quantitative estimate of drug-likeness (QED) is 0.758. The van der Waals surface area contributed by atoms with Crippen LogP contribution in [0.3, 0.4) is 0 Å². The summed E-state index contributed by atoms with van der Waals surface area (Å²) in [5, 5.41) is 14.8. The van der Waals surface area contributed by atoms with E-state index in [0.717, 1.165) is 11.8 Å². The molecule has 2 atom stereocenters. The molecule has 6 nitrogen and oxygen atoms in total. The maximum atomic E-state index is 9.10. The van der Waals surface area contributed by atoms with Crippen LogP contribution < -0.4 is 4.90 Å². The van der Waals surface area contributed by atoms with Crippen LogP contribution in [-0.2, 0) is 9.59 Å². The number of carboxylic acids is 2. The summed E-state index contributed by atoms with van der Waals surface area (Å²) in [7, 11) is 2.24. The van der Waals surface area contributed by atoms with Crippen LogP contribution in [0.4, 0.5) is 5.69 Å². The third kappa shape index (κ3) is 3.98. The van der Waals surface area contributed by atoms with Crippen molar-refractivity contribution in [1.82, 2.24) is 4.90 Å². The first-order chi connectivity index (χ1) is 10.4. The fraction of sp³-hybridized carbons (Fsp3) is 0.500. The maximum Gasteiger partial charge on any atom is 0.414 e. The number of carbonyl (C=O) groups is 2. The molecular formula is C16H22N2O4. The minimum Gasteiger partial charge on any atom is -0.473 e. The average molecular weight is 306 g/mol. The average Bonchev–Trinajstić information content (AvgIpc) is 2.97. The van der Waals surface area contributed by atoms with Crippen LogP contribution in [0.5, 0.6) is 0 Å². The molecular weight excluding hydrogens is 284 g/mol. The molecule has 120 valence electrons. The van der Waals surface area contributed by atoms with Gasteiger partial charge >= 0.3 is 11.9 Å². The van der Waals surface area contributed by atoms with E-state index in [9.17, 15) is 0 Å². The summed E-state index contributed by atoms with van der Waals surface area (Å²) in [5.74, 6) is -1.86. The molecule has 1 aromatic carbocycles. The second-order valence-electron chi connectivity index (χ2n) is 6.09. The number of fused-ring (bicyclic) bond motifs is 1. The Kier molecular flexibility index (Phi) is 5.03. The second-order valence-corrected chi connectivity index (χ2v) is 6.09. The van der Waals surface area contributed by atoms with Crippen LogP contribution in [0.2, 0.25) is 0 Å². The topological polar surface area (TPSA) is 81.1 Å². The van der Waals surface area contributed by atoms with E-state index in [-0.39, 0.29) is 0 Å². The van der Waals surface area contributed by atoms with Crippen molar-refractivity contribution in [3.63, 3.8) is 0 Å². The van der Waals surface area contributed by atoms with E-state index < -0.39 is 11.9 Å². The van der Waals surface area contributed by atoms with Gasteiger partial charge in [0.2, 0.25) is 0 Å². The largest absolute Gasteiger partial charge is 0.473 e. The Morgan fingerprint density at radius 1 is 0.955 bits per heavy atom. The third-order valence-electron chi connectivity index (χ3n) is 4.25. The minimum atomic E-state index is -1.82. The molecule has 2 fully saturated rings. The molecule has 22 heavy (non-hydrogen) atoms. The molecule has 0 aromatic heterocycles. The van der Waals surface area contributed by atoms with Gasteiger partial charge in [-0.1, -0.05) is 17.7 Å². The zero-order chi connectivity index (χ0) is 16.3. The van der Waals surface area contributed by atoms with Crippen molar-refractivity contribution in [2.24, 2.45) is 11.8 Å². The molecule has 0 bridgehead atoms. The summed E-state index contributed by atoms with van der Waals surface area (Å²) in [6.45, 7) is 7.22. The summed E-state index contributed by atoms with van der Waals surface area (Å²) in [6.07, 6.45) is 0. The maximum absolute atomic E-state index is 9.10. The van der Waals surface area contributed by atoms with Gasteiger partial charge in [-0.3, -0.25) is 0 Å². The van der Waals surface area contributed by atoms with E-state index in [1.165, 1.54) is 37.4 Å². The predicted octanol–water partition coefficient (Wildman–Crippen LogP) is 1.15. The number of hydrogen-bond acceptors (Lipinski definition) is 4. The van der Waals surface area contributed by atoms with Gasteiger partial charge in [0, 0.05) is 31.9 Å². The first-order valence-corrected chi connectivity index (χ1v) is 7.33. The number of nitrogens with zero attached hydrogens (tertiary/aromatic N) is 2. The molecule has 3 rings (SSSR count). The van der Waals surface area contributed by atoms with E-state index >= 15 is 0 Å². The van der Waals surface area contributed by atoms with Gasteiger partial charge in [0.25, 0.3) is 0 Å². The lowest BCUT2D eigenvalue weighted by atomic mass is 10.0. The number of hydrogen-bond donors (Lipinski definition) is 2. The Morgan fingerprint density at radius 3 is 1.82 bits per heavy atom. The third-order valence-corrected chi connectivity index (χ3v) is 4.25. The van der Waals surface area contributed by atoms with E-state index in [2.05, 4.69) is 48.0 Å². The number of benzene rings is 1. The predicted molar refractivity (Wildman–Crippen MR) is 83.1 cm³/mol. The van der Waals surface area contributed by atoms with Crippen molar-refractivity contribution >= 4 is 17.6 Å². The molecule has 2 aliphatic heterocycles. The van der Waals surface area contributed by atoms with Gasteiger partial charge in [-0.05, 0) is 37.9 Å². The van der Waals surface area contributed by atoms with Crippen LogP contribution in [0.25, 0.3) is 0 Å². The molecule has 2 unspecified atom stereocenters. The standard InChI is InChI=1S/C14H20N2.C2H2O4/c1-11-3-5-14(6-4-11)16-9-12-7-15(2)8-13(12)10-16;3-1(4)2(5)6/h3-6,12-13H,7-10H2,1-2H3;(H,3,4)(H,5,6). The smallest absolute Gasteiger partial charge is 0.414 e. The molecule has 2 heterocycles. The number of carboxylic acid groups (broad SMARTS) is 2. The highest BCUT2D eigenvalue weighted by atomic mass is 16.4. The molecule has 2 saturated heterocycles. The highest BCUT2D eigenvalue weighted by Gasteiger charge is 2.38. The van der Waals surface area contributed by atoms with Crippen LogP contribution in [0.15, 0.2) is 24.3 Å². The van der Waals surface area contributed by atoms with Crippen molar-refractivity contribution in [2.45, 2.75) is 6.92 Å². The molecule has 0 radical (unpaired) electrons. The summed E-state index contributed by atoms with van der Waals surface area (Å²) in [6, 6.07) is 8.96. The molecule has 0 spiro atoms. The van der Waals surface area contributed by atoms with E-state index in [1.54, 1.807) is 0 Å². The first-order valence-electron chi connectivity index (χ1n) is 7.33. The van der Waals surface area contributed by atoms with Gasteiger partial charge in [-0.2, -0.15) is 0 Å². The first kappa shape index (κ1) is 16.3. The van der Waals surface area contributed by atoms with Gasteiger partial charge in [0.1, 0.15) is 0 Å². The number of aryl methyl sites for hydroxylation is 1. The van der Waals surface area contributed by atoms with Crippen LogP contribution in [0.1, 0.15) is 5.56 Å². The molecule has 6 heteroatoms. The lowest BCUT2D eigenvalue weighted by Gasteiger charge is -2.21. The van der Waals surface area contributed by atoms with Gasteiger partial charge in [-0.25, -0.2) is 9.59 Å². The van der Waals surface area contributed by atoms with Crippen molar-refractivity contribution in [3.8, 4) is 0 Å². The lowest BCUT2D eigenvalue weighted by molar-refractivity contribution is -0.159. The summed E-state index contributed by atoms with van der Waals surface area (Å²) >= 11 is 0. The van der Waals surface area contributed by atoms with Crippen molar-refractivity contribution in [3.05, 3.63) is 29.8 Å². The fourth-order valence-electron chi connectivity index (χ4n) is 3.19. The normalized spacial score (nSPS) is 23.6. The molecule has 2 N–H and O–H groups in total. The number of rotatable bonds is 1. The molecule has 2 aliphatic rings. The van der Waals surface area contributed by atoms with Crippen molar-refractivity contribution in [1.29, 1.82) is 0 Å². The Bertz CT molecular complexity index is 518. The molecule has 0 amide bonds. The Balaban J connectivity index is 0.000000254. The Hall–Kier alpha value is -2.08. The summed E-state index contributed by atoms with van der Waals surface area (Å²) in [4.78, 5) is 23.2. The number of aliphatic carboxylic acids is 2. The van der Waals surface area contributed by atoms with Crippen molar-refractivity contribution in [2.75, 3.05) is 38.1 Å². The number of anilines is 1. The fourth-order valence-corrected chi connectivity index (χ4v) is 3.19. The second kappa shape index (κ2) is 6.79. The van der Waals surface area contributed by atoms with Crippen LogP contribution in [-0.4, -0.2) is 60.3 Å². The zero-order valence-corrected chi connectivity index (χ0v) is 12.9. The minimum absolute atomic E-state index is 0.895. The van der Waals surface area contributed by atoms with Gasteiger partial charge in [-0.15, -0.1) is 0 Å². The van der Waals surface area contributed by atoms with Crippen LogP contribution >= 0.6 is 0 Å². The lowest BCUT2D eigenvalue weighted by Crippen LogP contribution is -2.26. The summed E-state index contributed by atoms with van der Waals surface area (Å²) in [5.41, 5.74) is 2.76. The molecule has 0 aliphatic carbocycles. The highest BCUT2D eigenvalue weighted by Crippen LogP contribution is 2.33. The Labute approximate surface area is 130 Å². The Morgan fingerprint density at radius 2 is 1.41 bits per heavy atom. The van der Waals surface area contributed by atoms with Crippen molar-refractivity contribution < 1.29 is 19.8 Å². The van der Waals surface area contributed by atoms with E-state index in [0.29, 0.717) is 0 Å². The monoisotopic (exact) mass is 306 g/mol. The molecule has 1 aromatic rings. The van der Waals surface area contributed by atoms with E-state index in [1.807, 2.05) is 0 Å². The highest BCUT2D eigenvalue weighted by molar-refractivity contribution is 6.27. The zero-order valence-electron chi connectivity index (χ0n) is 12.9. The summed E-state index contributed by atoms with van der Waals surface area (Å²) < 4.78 is 0. The number of likely N-dealkylation sites (tertiary alicyclic amines) is 1. The van der Waals surface area contributed by atoms with Gasteiger partial charge in [0.15, 0.2) is 0 Å². The van der Waals surface area contributed by atoms with E-state index in [4.69, 9.17) is 19.8 Å². The van der Waals surface area contributed by atoms with Gasteiger partial charge in [0.05, 0.1) is 0 Å². The molecule has 0 saturated carbocycles.